The molecule has 2 N–H and O–H groups in total. The molecule has 20 heavy (non-hydrogen) atoms. The van der Waals surface area contributed by atoms with Crippen LogP contribution >= 0.6 is 0 Å². The number of anilines is 1. The molecular weight excluding hydrogens is 266 g/mol. The van der Waals surface area contributed by atoms with Crippen LogP contribution in [0.2, 0.25) is 0 Å². The molecule has 9 heteroatoms. The molecule has 0 spiro atoms. The first-order chi connectivity index (χ1) is 9.51. The van der Waals surface area contributed by atoms with Crippen LogP contribution in [0, 0.1) is 17.0 Å². The Balaban J connectivity index is 2.37. The Morgan fingerprint density at radius 3 is 2.60 bits per heavy atom. The highest BCUT2D eigenvalue weighted by Gasteiger charge is 2.16. The number of methoxy groups -OCH3 is 1. The Morgan fingerprint density at radius 1 is 1.25 bits per heavy atom. The van der Waals surface area contributed by atoms with Crippen LogP contribution in [0.1, 0.15) is 5.56 Å². The van der Waals surface area contributed by atoms with Gasteiger partial charge in [-0.05, 0) is 13.0 Å². The SMILES string of the molecule is COc1nc(N)nc(Oc2cccc([N+](=O)[O-])c2C)n1. The lowest BCUT2D eigenvalue weighted by molar-refractivity contribution is -0.385. The first-order valence-corrected chi connectivity index (χ1v) is 5.48. The van der Waals surface area contributed by atoms with Crippen LogP contribution in [0.4, 0.5) is 11.6 Å². The van der Waals surface area contributed by atoms with Crippen LogP contribution in [0.5, 0.6) is 17.8 Å². The summed E-state index contributed by atoms with van der Waals surface area (Å²) in [5.74, 6) is 0.182. The monoisotopic (exact) mass is 277 g/mol. The van der Waals surface area contributed by atoms with Crippen LogP contribution in [0.3, 0.4) is 0 Å². The van der Waals surface area contributed by atoms with Crippen molar-refractivity contribution < 1.29 is 14.4 Å². The maximum Gasteiger partial charge on any atom is 0.330 e. The smallest absolute Gasteiger partial charge is 0.330 e. The van der Waals surface area contributed by atoms with Crippen molar-refractivity contribution in [2.75, 3.05) is 12.8 Å². The summed E-state index contributed by atoms with van der Waals surface area (Å²) >= 11 is 0. The molecule has 0 bridgehead atoms. The minimum absolute atomic E-state index is 0.00409. The number of ether oxygens (including phenoxy) is 2. The second kappa shape index (κ2) is 5.34. The molecule has 0 amide bonds. The maximum atomic E-state index is 10.8. The van der Waals surface area contributed by atoms with Gasteiger partial charge in [-0.2, -0.15) is 9.97 Å². The molecule has 0 saturated heterocycles. The summed E-state index contributed by atoms with van der Waals surface area (Å²) in [5.41, 5.74) is 5.77. The van der Waals surface area contributed by atoms with Crippen molar-refractivity contribution in [2.45, 2.75) is 6.92 Å². The van der Waals surface area contributed by atoms with Gasteiger partial charge in [-0.3, -0.25) is 10.1 Å². The van der Waals surface area contributed by atoms with E-state index in [0.717, 1.165) is 0 Å². The Morgan fingerprint density at radius 2 is 1.95 bits per heavy atom. The number of nitrogens with two attached hydrogens (primary N) is 1. The molecule has 0 aliphatic rings. The fourth-order valence-corrected chi connectivity index (χ4v) is 1.50. The normalized spacial score (nSPS) is 10.1. The van der Waals surface area contributed by atoms with Crippen LogP contribution < -0.4 is 15.2 Å². The number of nitrogens with zero attached hydrogens (tertiary/aromatic N) is 4. The van der Waals surface area contributed by atoms with E-state index in [1.54, 1.807) is 13.0 Å². The Bertz CT molecular complexity index is 661. The molecule has 0 aliphatic carbocycles. The highest BCUT2D eigenvalue weighted by atomic mass is 16.6. The predicted octanol–water partition coefficient (Wildman–Crippen LogP) is 1.47. The molecule has 2 rings (SSSR count). The fraction of sp³-hybridized carbons (Fsp3) is 0.182. The van der Waals surface area contributed by atoms with E-state index in [4.69, 9.17) is 15.2 Å². The number of nitro groups is 1. The zero-order chi connectivity index (χ0) is 14.7. The zero-order valence-electron chi connectivity index (χ0n) is 10.7. The fourth-order valence-electron chi connectivity index (χ4n) is 1.50. The molecule has 9 nitrogen and oxygen atoms in total. The van der Waals surface area contributed by atoms with E-state index in [0.29, 0.717) is 5.56 Å². The van der Waals surface area contributed by atoms with E-state index >= 15 is 0 Å². The second-order valence-electron chi connectivity index (χ2n) is 3.72. The van der Waals surface area contributed by atoms with E-state index < -0.39 is 4.92 Å². The summed E-state index contributed by atoms with van der Waals surface area (Å²) in [7, 11) is 1.37. The van der Waals surface area contributed by atoms with Gasteiger partial charge >= 0.3 is 12.0 Å². The largest absolute Gasteiger partial charge is 0.467 e. The van der Waals surface area contributed by atoms with E-state index in [2.05, 4.69) is 15.0 Å². The van der Waals surface area contributed by atoms with Gasteiger partial charge in [0.1, 0.15) is 5.75 Å². The van der Waals surface area contributed by atoms with Crippen LogP contribution in [-0.4, -0.2) is 27.0 Å². The third-order valence-corrected chi connectivity index (χ3v) is 2.45. The summed E-state index contributed by atoms with van der Waals surface area (Å²) in [4.78, 5) is 21.7. The van der Waals surface area contributed by atoms with Gasteiger partial charge in [-0.15, -0.1) is 4.98 Å². The highest BCUT2D eigenvalue weighted by Crippen LogP contribution is 2.30. The van der Waals surface area contributed by atoms with Crippen LogP contribution in [0.25, 0.3) is 0 Å². The Kier molecular flexibility index (Phi) is 3.60. The summed E-state index contributed by atoms with van der Waals surface area (Å²) in [6.07, 6.45) is 0. The van der Waals surface area contributed by atoms with Gasteiger partial charge in [-0.1, -0.05) is 6.07 Å². The van der Waals surface area contributed by atoms with Gasteiger partial charge in [0.15, 0.2) is 0 Å². The van der Waals surface area contributed by atoms with E-state index in [9.17, 15) is 10.1 Å². The van der Waals surface area contributed by atoms with Crippen molar-refractivity contribution in [3.8, 4) is 17.8 Å². The van der Waals surface area contributed by atoms with Gasteiger partial charge in [0.2, 0.25) is 5.95 Å². The topological polar surface area (TPSA) is 126 Å². The third-order valence-electron chi connectivity index (χ3n) is 2.45. The van der Waals surface area contributed by atoms with E-state index in [-0.39, 0.29) is 29.4 Å². The van der Waals surface area contributed by atoms with Crippen molar-refractivity contribution in [2.24, 2.45) is 0 Å². The minimum Gasteiger partial charge on any atom is -0.467 e. The summed E-state index contributed by atoms with van der Waals surface area (Å²) in [6, 6.07) is 4.34. The molecule has 104 valence electrons. The Labute approximate surface area is 113 Å². The molecule has 0 unspecified atom stereocenters. The van der Waals surface area contributed by atoms with Crippen LogP contribution in [0.15, 0.2) is 18.2 Å². The van der Waals surface area contributed by atoms with E-state index in [1.165, 1.54) is 19.2 Å². The first-order valence-electron chi connectivity index (χ1n) is 5.48. The van der Waals surface area contributed by atoms with Gasteiger partial charge in [0.25, 0.3) is 5.69 Å². The molecule has 1 aromatic carbocycles. The van der Waals surface area contributed by atoms with Crippen molar-refractivity contribution in [3.63, 3.8) is 0 Å². The van der Waals surface area contributed by atoms with Gasteiger partial charge in [-0.25, -0.2) is 0 Å². The number of nitro benzene ring substituents is 1. The number of rotatable bonds is 4. The maximum absolute atomic E-state index is 10.8. The molecule has 0 atom stereocenters. The Hall–Kier alpha value is -2.97. The average Bonchev–Trinajstić information content (AvgIpc) is 2.40. The molecule has 1 aromatic heterocycles. The first kappa shape index (κ1) is 13.5. The van der Waals surface area contributed by atoms with Crippen molar-refractivity contribution >= 4 is 11.6 Å². The average molecular weight is 277 g/mol. The summed E-state index contributed by atoms with van der Waals surface area (Å²) in [5, 5.41) is 10.8. The molecule has 0 radical (unpaired) electrons. The standard InChI is InChI=1S/C11H11N5O4/c1-6-7(16(17)18)4-3-5-8(6)20-11-14-9(12)13-10(15-11)19-2/h3-5H,1-2H3,(H2,12,13,14,15). The molecule has 0 fully saturated rings. The zero-order valence-corrected chi connectivity index (χ0v) is 10.7. The van der Waals surface area contributed by atoms with Gasteiger partial charge in [0, 0.05) is 6.07 Å². The molecule has 2 aromatic rings. The lowest BCUT2D eigenvalue weighted by Crippen LogP contribution is -2.03. The molecule has 0 saturated carbocycles. The van der Waals surface area contributed by atoms with Crippen molar-refractivity contribution in [1.82, 2.24) is 15.0 Å². The molecular formula is C11H11N5O4. The molecule has 1 heterocycles. The predicted molar refractivity (Wildman–Crippen MR) is 68.7 cm³/mol. The lowest BCUT2D eigenvalue weighted by atomic mass is 10.2. The van der Waals surface area contributed by atoms with Gasteiger partial charge in [0.05, 0.1) is 17.6 Å². The van der Waals surface area contributed by atoms with Gasteiger partial charge < -0.3 is 15.2 Å². The lowest BCUT2D eigenvalue weighted by Gasteiger charge is -2.08. The number of aromatic nitrogens is 3. The number of hydrogen-bond acceptors (Lipinski definition) is 8. The quantitative estimate of drug-likeness (QED) is 0.657. The van der Waals surface area contributed by atoms with Crippen molar-refractivity contribution in [3.05, 3.63) is 33.9 Å². The summed E-state index contributed by atoms with van der Waals surface area (Å²) in [6.45, 7) is 1.56. The minimum atomic E-state index is -0.495. The second-order valence-corrected chi connectivity index (χ2v) is 3.72. The number of benzene rings is 1. The number of hydrogen-bond donors (Lipinski definition) is 1. The van der Waals surface area contributed by atoms with E-state index in [1.807, 2.05) is 0 Å². The molecule has 0 aliphatic heterocycles. The van der Waals surface area contributed by atoms with Crippen LogP contribution in [-0.2, 0) is 0 Å². The highest BCUT2D eigenvalue weighted by molar-refractivity contribution is 5.49. The number of nitrogen functional groups attached to an aromatic ring is 1. The summed E-state index contributed by atoms with van der Waals surface area (Å²) < 4.78 is 10.2. The van der Waals surface area contributed by atoms with Crippen molar-refractivity contribution in [1.29, 1.82) is 0 Å². The third kappa shape index (κ3) is 2.71.